The van der Waals surface area contributed by atoms with Crippen molar-refractivity contribution >= 4 is 34.8 Å². The number of aryl methyl sites for hydroxylation is 2. The third-order valence-corrected chi connectivity index (χ3v) is 3.83. The maximum absolute atomic E-state index is 11.8. The van der Waals surface area contributed by atoms with E-state index < -0.39 is 0 Å². The molecule has 0 radical (unpaired) electrons. The highest BCUT2D eigenvalue weighted by Gasteiger charge is 2.17. The first kappa shape index (κ1) is 16.4. The summed E-state index contributed by atoms with van der Waals surface area (Å²) in [6.07, 6.45) is 1.33. The Kier molecular flexibility index (Phi) is 6.71. The van der Waals surface area contributed by atoms with Crippen LogP contribution in [0.5, 0.6) is 0 Å². The Labute approximate surface area is 123 Å². The number of hydrogen-bond donors (Lipinski definition) is 2. The van der Waals surface area contributed by atoms with Crippen LogP contribution in [0.15, 0.2) is 0 Å². The van der Waals surface area contributed by atoms with Gasteiger partial charge in [-0.05, 0) is 13.3 Å². The average molecular weight is 306 g/mol. The van der Waals surface area contributed by atoms with Crippen LogP contribution in [0, 0.1) is 6.92 Å². The van der Waals surface area contributed by atoms with Gasteiger partial charge in [-0.25, -0.2) is 4.98 Å². The largest absolute Gasteiger partial charge is 0.378 e. The molecule has 0 bridgehead atoms. The van der Waals surface area contributed by atoms with Crippen LogP contribution < -0.4 is 10.6 Å². The monoisotopic (exact) mass is 305 g/mol. The molecule has 0 aromatic carbocycles. The lowest BCUT2D eigenvalue weighted by Crippen LogP contribution is -2.43. The van der Waals surface area contributed by atoms with E-state index in [1.807, 2.05) is 6.92 Å². The number of aromatic nitrogens is 1. The Morgan fingerprint density at radius 1 is 1.63 bits per heavy atom. The van der Waals surface area contributed by atoms with E-state index in [-0.39, 0.29) is 24.4 Å². The van der Waals surface area contributed by atoms with Gasteiger partial charge in [-0.3, -0.25) is 4.79 Å². The number of rotatable bonds is 4. The number of morpholine rings is 1. The summed E-state index contributed by atoms with van der Waals surface area (Å²) >= 11 is 1.53. The number of nitrogens with zero attached hydrogens (tertiary/aromatic N) is 1. The van der Waals surface area contributed by atoms with Crippen molar-refractivity contribution in [2.45, 2.75) is 32.7 Å². The van der Waals surface area contributed by atoms with E-state index in [2.05, 4.69) is 22.5 Å². The van der Waals surface area contributed by atoms with Crippen molar-refractivity contribution in [3.8, 4) is 0 Å². The van der Waals surface area contributed by atoms with Crippen LogP contribution in [0.2, 0.25) is 0 Å². The second-order valence-corrected chi connectivity index (χ2v) is 5.56. The molecule has 19 heavy (non-hydrogen) atoms. The van der Waals surface area contributed by atoms with Crippen molar-refractivity contribution in [2.24, 2.45) is 0 Å². The van der Waals surface area contributed by atoms with E-state index in [0.29, 0.717) is 18.2 Å². The van der Waals surface area contributed by atoms with Crippen LogP contribution in [-0.4, -0.2) is 36.7 Å². The number of hydrogen-bond acceptors (Lipinski definition) is 5. The molecule has 1 atom stereocenters. The second kappa shape index (κ2) is 7.79. The van der Waals surface area contributed by atoms with Gasteiger partial charge in [0.05, 0.1) is 18.9 Å². The molecule has 1 unspecified atom stereocenters. The SMILES string of the molecule is CCc1nc(NC(=O)CC2COCCN2)sc1C.Cl. The number of thiazole rings is 1. The second-order valence-electron chi connectivity index (χ2n) is 4.35. The minimum absolute atomic E-state index is 0. The maximum Gasteiger partial charge on any atom is 0.227 e. The zero-order valence-electron chi connectivity index (χ0n) is 11.2. The summed E-state index contributed by atoms with van der Waals surface area (Å²) in [6.45, 7) is 6.24. The maximum atomic E-state index is 11.8. The smallest absolute Gasteiger partial charge is 0.227 e. The summed E-state index contributed by atoms with van der Waals surface area (Å²) in [7, 11) is 0. The molecule has 1 aromatic heterocycles. The molecule has 1 aliphatic heterocycles. The molecule has 2 rings (SSSR count). The Bertz CT molecular complexity index is 419. The highest BCUT2D eigenvalue weighted by atomic mass is 35.5. The van der Waals surface area contributed by atoms with Gasteiger partial charge in [-0.15, -0.1) is 23.7 Å². The zero-order valence-corrected chi connectivity index (χ0v) is 12.8. The fourth-order valence-electron chi connectivity index (χ4n) is 1.95. The molecule has 1 fully saturated rings. The molecule has 2 heterocycles. The van der Waals surface area contributed by atoms with E-state index >= 15 is 0 Å². The number of ether oxygens (including phenoxy) is 1. The summed E-state index contributed by atoms with van der Waals surface area (Å²) in [5, 5.41) is 6.82. The molecule has 5 nitrogen and oxygen atoms in total. The highest BCUT2D eigenvalue weighted by molar-refractivity contribution is 7.15. The van der Waals surface area contributed by atoms with Gasteiger partial charge in [0.15, 0.2) is 5.13 Å². The van der Waals surface area contributed by atoms with Gasteiger partial charge in [0, 0.05) is 23.9 Å². The van der Waals surface area contributed by atoms with E-state index in [4.69, 9.17) is 4.74 Å². The van der Waals surface area contributed by atoms with E-state index in [1.54, 1.807) is 0 Å². The molecule has 1 saturated heterocycles. The molecule has 2 N–H and O–H groups in total. The van der Waals surface area contributed by atoms with Crippen LogP contribution in [0.25, 0.3) is 0 Å². The molecule has 1 aromatic rings. The normalized spacial score (nSPS) is 18.7. The van der Waals surface area contributed by atoms with Gasteiger partial charge in [-0.2, -0.15) is 0 Å². The van der Waals surface area contributed by atoms with Crippen molar-refractivity contribution in [2.75, 3.05) is 25.1 Å². The van der Waals surface area contributed by atoms with Gasteiger partial charge >= 0.3 is 0 Å². The Morgan fingerprint density at radius 2 is 2.42 bits per heavy atom. The molecule has 1 amide bonds. The zero-order chi connectivity index (χ0) is 13.0. The molecule has 108 valence electrons. The minimum Gasteiger partial charge on any atom is -0.378 e. The highest BCUT2D eigenvalue weighted by Crippen LogP contribution is 2.22. The lowest BCUT2D eigenvalue weighted by molar-refractivity contribution is -0.117. The summed E-state index contributed by atoms with van der Waals surface area (Å²) < 4.78 is 5.32. The van der Waals surface area contributed by atoms with Gasteiger partial charge in [0.1, 0.15) is 0 Å². The molecule has 0 saturated carbocycles. The van der Waals surface area contributed by atoms with Crippen molar-refractivity contribution in [1.29, 1.82) is 0 Å². The number of amides is 1. The molecule has 7 heteroatoms. The average Bonchev–Trinajstić information content (AvgIpc) is 2.70. The number of nitrogens with one attached hydrogen (secondary N) is 2. The third kappa shape index (κ3) is 4.72. The molecule has 0 aliphatic carbocycles. The minimum atomic E-state index is -0.00518. The molecular formula is C12H20ClN3O2S. The van der Waals surface area contributed by atoms with E-state index in [1.165, 1.54) is 16.2 Å². The number of halogens is 1. The molecular weight excluding hydrogens is 286 g/mol. The van der Waals surface area contributed by atoms with Crippen LogP contribution >= 0.6 is 23.7 Å². The molecule has 1 aliphatic rings. The number of carbonyl (C=O) groups is 1. The predicted octanol–water partition coefficient (Wildman–Crippen LogP) is 1.75. The van der Waals surface area contributed by atoms with Crippen molar-refractivity contribution in [3.05, 3.63) is 10.6 Å². The summed E-state index contributed by atoms with van der Waals surface area (Å²) in [5.41, 5.74) is 1.06. The van der Waals surface area contributed by atoms with Crippen molar-refractivity contribution < 1.29 is 9.53 Å². The van der Waals surface area contributed by atoms with Gasteiger partial charge in [0.2, 0.25) is 5.91 Å². The van der Waals surface area contributed by atoms with Gasteiger partial charge in [-0.1, -0.05) is 6.92 Å². The topological polar surface area (TPSA) is 63.2 Å². The fraction of sp³-hybridized carbons (Fsp3) is 0.667. The predicted molar refractivity (Wildman–Crippen MR) is 79.3 cm³/mol. The summed E-state index contributed by atoms with van der Waals surface area (Å²) in [4.78, 5) is 17.4. The fourth-order valence-corrected chi connectivity index (χ4v) is 2.87. The number of carbonyl (C=O) groups excluding carboxylic acids is 1. The number of anilines is 1. The first-order valence-electron chi connectivity index (χ1n) is 6.26. The van der Waals surface area contributed by atoms with E-state index in [0.717, 1.165) is 25.3 Å². The van der Waals surface area contributed by atoms with Crippen LogP contribution in [0.4, 0.5) is 5.13 Å². The van der Waals surface area contributed by atoms with E-state index in [9.17, 15) is 4.79 Å². The Hall–Kier alpha value is -0.690. The lowest BCUT2D eigenvalue weighted by atomic mass is 10.2. The Morgan fingerprint density at radius 3 is 3.00 bits per heavy atom. The lowest BCUT2D eigenvalue weighted by Gasteiger charge is -2.22. The third-order valence-electron chi connectivity index (χ3n) is 2.90. The first-order valence-corrected chi connectivity index (χ1v) is 7.08. The summed E-state index contributed by atoms with van der Waals surface area (Å²) in [6, 6.07) is 0.116. The Balaban J connectivity index is 0.00000180. The quantitative estimate of drug-likeness (QED) is 0.889. The van der Waals surface area contributed by atoms with Gasteiger partial charge in [0.25, 0.3) is 0 Å². The van der Waals surface area contributed by atoms with Crippen molar-refractivity contribution in [1.82, 2.24) is 10.3 Å². The first-order chi connectivity index (χ1) is 8.69. The van der Waals surface area contributed by atoms with Crippen LogP contribution in [0.1, 0.15) is 23.9 Å². The standard InChI is InChI=1S/C12H19N3O2S.ClH/c1-3-10-8(2)18-12(14-10)15-11(16)6-9-7-17-5-4-13-9;/h9,13H,3-7H2,1-2H3,(H,14,15,16);1H. The van der Waals surface area contributed by atoms with Crippen molar-refractivity contribution in [3.63, 3.8) is 0 Å². The van der Waals surface area contributed by atoms with Gasteiger partial charge < -0.3 is 15.4 Å². The van der Waals surface area contributed by atoms with Crippen LogP contribution in [0.3, 0.4) is 0 Å². The van der Waals surface area contributed by atoms with Crippen LogP contribution in [-0.2, 0) is 16.0 Å². The summed E-state index contributed by atoms with van der Waals surface area (Å²) in [5.74, 6) is -0.00518. The molecule has 0 spiro atoms.